The van der Waals surface area contributed by atoms with Crippen LogP contribution in [-0.4, -0.2) is 29.9 Å². The minimum atomic E-state index is -0.109. The van der Waals surface area contributed by atoms with E-state index in [2.05, 4.69) is 53.3 Å². The second-order valence-corrected chi connectivity index (χ2v) is 6.23. The number of benzene rings is 2. The normalized spacial score (nSPS) is 25.0. The first-order valence-electron chi connectivity index (χ1n) is 8.10. The van der Waals surface area contributed by atoms with Crippen LogP contribution in [0.1, 0.15) is 30.9 Å². The Morgan fingerprint density at radius 3 is 2.64 bits per heavy atom. The number of rotatable bonds is 2. The van der Waals surface area contributed by atoms with Gasteiger partial charge in [-0.15, -0.1) is 0 Å². The van der Waals surface area contributed by atoms with Crippen molar-refractivity contribution < 1.29 is 4.79 Å². The number of fused-ring (bicyclic) bond motifs is 1. The molecular formula is C18H21N3O. The van der Waals surface area contributed by atoms with Crippen molar-refractivity contribution in [3.05, 3.63) is 48.0 Å². The van der Waals surface area contributed by atoms with Crippen molar-refractivity contribution in [2.45, 2.75) is 31.3 Å². The third-order valence-corrected chi connectivity index (χ3v) is 4.82. The van der Waals surface area contributed by atoms with E-state index in [4.69, 9.17) is 0 Å². The number of hydrogen-bond acceptors (Lipinski definition) is 3. The van der Waals surface area contributed by atoms with Crippen LogP contribution >= 0.6 is 0 Å². The number of hydrogen-bond donors (Lipinski definition) is 2. The molecule has 2 heterocycles. The number of carbonyl (C=O) groups is 1. The van der Waals surface area contributed by atoms with Crippen LogP contribution in [0.3, 0.4) is 0 Å². The fourth-order valence-electron chi connectivity index (χ4n) is 3.63. The highest BCUT2D eigenvalue weighted by Crippen LogP contribution is 2.29. The molecule has 0 bridgehead atoms. The van der Waals surface area contributed by atoms with Gasteiger partial charge in [-0.25, -0.2) is 10.9 Å². The van der Waals surface area contributed by atoms with Crippen LogP contribution < -0.4 is 10.9 Å². The summed E-state index contributed by atoms with van der Waals surface area (Å²) in [4.78, 5) is 14.5. The van der Waals surface area contributed by atoms with Gasteiger partial charge in [-0.05, 0) is 35.6 Å². The van der Waals surface area contributed by atoms with Gasteiger partial charge in [-0.3, -0.25) is 4.79 Å². The topological polar surface area (TPSA) is 44.4 Å². The smallest absolute Gasteiger partial charge is 0.241 e. The van der Waals surface area contributed by atoms with Gasteiger partial charge in [0, 0.05) is 19.1 Å². The van der Waals surface area contributed by atoms with E-state index in [-0.39, 0.29) is 18.0 Å². The fourth-order valence-corrected chi connectivity index (χ4v) is 3.63. The summed E-state index contributed by atoms with van der Waals surface area (Å²) >= 11 is 0. The van der Waals surface area contributed by atoms with Gasteiger partial charge >= 0.3 is 0 Å². The summed E-state index contributed by atoms with van der Waals surface area (Å²) in [7, 11) is 0. The highest BCUT2D eigenvalue weighted by Gasteiger charge is 2.34. The van der Waals surface area contributed by atoms with Crippen LogP contribution in [0, 0.1) is 0 Å². The highest BCUT2D eigenvalue weighted by molar-refractivity contribution is 5.87. The summed E-state index contributed by atoms with van der Waals surface area (Å²) in [5.74, 6) is 0.243. The van der Waals surface area contributed by atoms with Crippen LogP contribution in [0.4, 0.5) is 0 Å². The van der Waals surface area contributed by atoms with Gasteiger partial charge in [0.05, 0.1) is 0 Å². The molecule has 1 amide bonds. The minimum Gasteiger partial charge on any atom is -0.341 e. The Morgan fingerprint density at radius 1 is 1.00 bits per heavy atom. The summed E-state index contributed by atoms with van der Waals surface area (Å²) < 4.78 is 0. The zero-order valence-corrected chi connectivity index (χ0v) is 12.6. The van der Waals surface area contributed by atoms with Gasteiger partial charge in [0.2, 0.25) is 5.91 Å². The number of nitrogens with zero attached hydrogens (tertiary/aromatic N) is 1. The van der Waals surface area contributed by atoms with E-state index in [0.29, 0.717) is 0 Å². The van der Waals surface area contributed by atoms with Crippen molar-refractivity contribution in [2.75, 3.05) is 13.1 Å². The molecule has 0 aromatic heterocycles. The first-order valence-corrected chi connectivity index (χ1v) is 8.10. The molecule has 0 spiro atoms. The molecule has 114 valence electrons. The summed E-state index contributed by atoms with van der Waals surface area (Å²) in [5.41, 5.74) is 7.79. The summed E-state index contributed by atoms with van der Waals surface area (Å²) in [6, 6.07) is 14.9. The number of amides is 1. The van der Waals surface area contributed by atoms with Gasteiger partial charge in [0.15, 0.2) is 0 Å². The monoisotopic (exact) mass is 295 g/mol. The molecule has 4 heteroatoms. The fraction of sp³-hybridized carbons (Fsp3) is 0.389. The van der Waals surface area contributed by atoms with Gasteiger partial charge in [-0.2, -0.15) is 0 Å². The Bertz CT molecular complexity index is 688. The summed E-state index contributed by atoms with van der Waals surface area (Å²) in [5, 5.41) is 2.51. The predicted octanol–water partition coefficient (Wildman–Crippen LogP) is 2.37. The van der Waals surface area contributed by atoms with Crippen molar-refractivity contribution in [2.24, 2.45) is 0 Å². The van der Waals surface area contributed by atoms with Gasteiger partial charge in [-0.1, -0.05) is 42.5 Å². The third kappa shape index (κ3) is 2.38. The summed E-state index contributed by atoms with van der Waals surface area (Å²) in [6.07, 6.45) is 3.08. The predicted molar refractivity (Wildman–Crippen MR) is 87.2 cm³/mol. The standard InChI is InChI=1S/C18H21N3O/c22-18(21-10-3-4-11-21)17-12-16(19-20-17)15-9-5-7-13-6-1-2-8-14(13)15/h1-2,5-9,16-17,19-20H,3-4,10-12H2. The lowest BCUT2D eigenvalue weighted by atomic mass is 9.96. The molecule has 0 saturated carbocycles. The van der Waals surface area contributed by atoms with E-state index in [1.807, 2.05) is 4.90 Å². The van der Waals surface area contributed by atoms with Crippen molar-refractivity contribution in [3.8, 4) is 0 Å². The molecule has 2 N–H and O–H groups in total. The molecule has 22 heavy (non-hydrogen) atoms. The maximum Gasteiger partial charge on any atom is 0.241 e. The highest BCUT2D eigenvalue weighted by atomic mass is 16.2. The molecule has 0 aliphatic carbocycles. The first-order chi connectivity index (χ1) is 10.8. The Hall–Kier alpha value is -1.91. The molecule has 0 radical (unpaired) electrons. The van der Waals surface area contributed by atoms with Crippen LogP contribution in [0.2, 0.25) is 0 Å². The lowest BCUT2D eigenvalue weighted by Crippen LogP contribution is -2.44. The Kier molecular flexibility index (Phi) is 3.56. The van der Waals surface area contributed by atoms with Crippen LogP contribution in [0.25, 0.3) is 10.8 Å². The van der Waals surface area contributed by atoms with E-state index in [0.717, 1.165) is 32.4 Å². The van der Waals surface area contributed by atoms with E-state index in [1.165, 1.54) is 16.3 Å². The van der Waals surface area contributed by atoms with Gasteiger partial charge < -0.3 is 4.90 Å². The number of likely N-dealkylation sites (tertiary alicyclic amines) is 1. The average Bonchev–Trinajstić information content (AvgIpc) is 3.25. The average molecular weight is 295 g/mol. The van der Waals surface area contributed by atoms with Crippen molar-refractivity contribution in [1.29, 1.82) is 0 Å². The molecule has 4 rings (SSSR count). The van der Waals surface area contributed by atoms with Crippen molar-refractivity contribution in [1.82, 2.24) is 15.8 Å². The number of nitrogens with one attached hydrogen (secondary N) is 2. The maximum atomic E-state index is 12.5. The van der Waals surface area contributed by atoms with Crippen molar-refractivity contribution >= 4 is 16.7 Å². The number of carbonyl (C=O) groups excluding carboxylic acids is 1. The van der Waals surface area contributed by atoms with E-state index < -0.39 is 0 Å². The SMILES string of the molecule is O=C(C1CC(c2cccc3ccccc23)NN1)N1CCCC1. The Balaban J connectivity index is 1.55. The second kappa shape index (κ2) is 5.71. The third-order valence-electron chi connectivity index (χ3n) is 4.82. The lowest BCUT2D eigenvalue weighted by Gasteiger charge is -2.19. The van der Waals surface area contributed by atoms with E-state index >= 15 is 0 Å². The molecule has 2 aromatic rings. The molecule has 2 aromatic carbocycles. The molecule has 2 fully saturated rings. The second-order valence-electron chi connectivity index (χ2n) is 6.23. The molecular weight excluding hydrogens is 274 g/mol. The molecule has 2 atom stereocenters. The molecule has 2 aliphatic rings. The van der Waals surface area contributed by atoms with Gasteiger partial charge in [0.1, 0.15) is 6.04 Å². The molecule has 2 unspecified atom stereocenters. The van der Waals surface area contributed by atoms with Crippen molar-refractivity contribution in [3.63, 3.8) is 0 Å². The Morgan fingerprint density at radius 2 is 1.77 bits per heavy atom. The zero-order valence-electron chi connectivity index (χ0n) is 12.6. The van der Waals surface area contributed by atoms with Crippen LogP contribution in [-0.2, 0) is 4.79 Å². The maximum absolute atomic E-state index is 12.5. The lowest BCUT2D eigenvalue weighted by molar-refractivity contribution is -0.132. The van der Waals surface area contributed by atoms with E-state index in [9.17, 15) is 4.79 Å². The zero-order chi connectivity index (χ0) is 14.9. The quantitative estimate of drug-likeness (QED) is 0.894. The van der Waals surface area contributed by atoms with E-state index in [1.54, 1.807) is 0 Å². The summed E-state index contributed by atoms with van der Waals surface area (Å²) in [6.45, 7) is 1.83. The molecule has 2 saturated heterocycles. The Labute approximate surface area is 130 Å². The first kappa shape index (κ1) is 13.7. The minimum absolute atomic E-state index is 0.109. The van der Waals surface area contributed by atoms with Crippen LogP contribution in [0.15, 0.2) is 42.5 Å². The largest absolute Gasteiger partial charge is 0.341 e. The van der Waals surface area contributed by atoms with Gasteiger partial charge in [0.25, 0.3) is 0 Å². The van der Waals surface area contributed by atoms with Crippen LogP contribution in [0.5, 0.6) is 0 Å². The molecule has 2 aliphatic heterocycles. The number of hydrazine groups is 1. The molecule has 4 nitrogen and oxygen atoms in total.